The van der Waals surface area contributed by atoms with E-state index in [1.807, 2.05) is 72.8 Å². The Morgan fingerprint density at radius 3 is 2.03 bits per heavy atom. The van der Waals surface area contributed by atoms with Gasteiger partial charge in [0.25, 0.3) is 5.91 Å². The van der Waals surface area contributed by atoms with E-state index in [-0.39, 0.29) is 23.7 Å². The molecular formula is C50H51N5O5. The van der Waals surface area contributed by atoms with Crippen molar-refractivity contribution in [1.29, 1.82) is 0 Å². The average Bonchev–Trinajstić information content (AvgIpc) is 3.28. The summed E-state index contributed by atoms with van der Waals surface area (Å²) in [7, 11) is 0. The molecule has 0 atom stereocenters. The highest BCUT2D eigenvalue weighted by Gasteiger charge is 2.24. The number of piperidine rings is 1. The summed E-state index contributed by atoms with van der Waals surface area (Å²) in [6.45, 7) is 3.84. The van der Waals surface area contributed by atoms with Crippen molar-refractivity contribution in [2.45, 2.75) is 31.8 Å². The van der Waals surface area contributed by atoms with Crippen LogP contribution >= 0.6 is 0 Å². The average molecular weight is 802 g/mol. The van der Waals surface area contributed by atoms with E-state index in [1.54, 1.807) is 36.4 Å². The first-order valence-corrected chi connectivity index (χ1v) is 20.6. The normalized spacial score (nSPS) is 13.0. The molecule has 0 unspecified atom stereocenters. The van der Waals surface area contributed by atoms with Gasteiger partial charge in [-0.1, -0.05) is 115 Å². The second-order valence-electron chi connectivity index (χ2n) is 14.9. The van der Waals surface area contributed by atoms with Gasteiger partial charge in [0.1, 0.15) is 11.9 Å². The Morgan fingerprint density at radius 2 is 1.30 bits per heavy atom. The number of aromatic hydroxyl groups is 1. The highest BCUT2D eigenvalue weighted by atomic mass is 16.6. The number of nitrogens with zero attached hydrogens (tertiary/aromatic N) is 1. The molecule has 60 heavy (non-hydrogen) atoms. The summed E-state index contributed by atoms with van der Waals surface area (Å²) in [6, 6.07) is 48.7. The smallest absolute Gasteiger partial charge is 0.411 e. The van der Waals surface area contributed by atoms with Crippen LogP contribution in [0.15, 0.2) is 152 Å². The summed E-state index contributed by atoms with van der Waals surface area (Å²) in [5.41, 5.74) is 8.98. The number of ether oxygens (including phenoxy) is 1. The third kappa shape index (κ3) is 11.5. The molecule has 6 aromatic carbocycles. The van der Waals surface area contributed by atoms with E-state index in [2.05, 4.69) is 68.6 Å². The number of benzene rings is 6. The topological polar surface area (TPSA) is 132 Å². The maximum Gasteiger partial charge on any atom is 0.411 e. The van der Waals surface area contributed by atoms with Crippen molar-refractivity contribution >= 4 is 29.3 Å². The molecule has 306 valence electrons. The molecule has 0 aliphatic carbocycles. The second kappa shape index (κ2) is 20.8. The Kier molecular flexibility index (Phi) is 14.3. The van der Waals surface area contributed by atoms with Crippen LogP contribution in [0.3, 0.4) is 0 Å². The van der Waals surface area contributed by atoms with Crippen LogP contribution in [0.4, 0.5) is 16.2 Å². The van der Waals surface area contributed by atoms with Crippen LogP contribution in [0, 0.1) is 0 Å². The molecule has 0 bridgehead atoms. The predicted octanol–water partition coefficient (Wildman–Crippen LogP) is 9.00. The molecule has 1 heterocycles. The van der Waals surface area contributed by atoms with Gasteiger partial charge < -0.3 is 30.7 Å². The minimum atomic E-state index is -0.485. The molecule has 3 amide bonds. The van der Waals surface area contributed by atoms with Gasteiger partial charge in [-0.3, -0.25) is 14.9 Å². The van der Waals surface area contributed by atoms with Crippen molar-refractivity contribution in [2.24, 2.45) is 0 Å². The van der Waals surface area contributed by atoms with Crippen molar-refractivity contribution in [3.05, 3.63) is 163 Å². The summed E-state index contributed by atoms with van der Waals surface area (Å²) in [5.74, 6) is -0.105. The van der Waals surface area contributed by atoms with Gasteiger partial charge in [0.05, 0.1) is 5.69 Å². The van der Waals surface area contributed by atoms with Crippen molar-refractivity contribution in [2.75, 3.05) is 49.9 Å². The molecule has 5 N–H and O–H groups in total. The first-order valence-electron chi connectivity index (χ1n) is 20.6. The quantitative estimate of drug-likeness (QED) is 0.0618. The first-order chi connectivity index (χ1) is 29.4. The molecule has 10 heteroatoms. The number of phenols is 1. The fourth-order valence-electron chi connectivity index (χ4n) is 7.53. The highest BCUT2D eigenvalue weighted by molar-refractivity contribution is 6.02. The molecule has 1 fully saturated rings. The lowest BCUT2D eigenvalue weighted by atomic mass is 9.88. The molecular weight excluding hydrogens is 751 g/mol. The van der Waals surface area contributed by atoms with Crippen LogP contribution in [0.25, 0.3) is 33.4 Å². The molecule has 0 saturated carbocycles. The highest BCUT2D eigenvalue weighted by Crippen LogP contribution is 2.42. The zero-order chi connectivity index (χ0) is 41.5. The number of hydrogen-bond donors (Lipinski definition) is 5. The number of phenolic OH excluding ortho intramolecular Hbond substituents is 1. The SMILES string of the molecule is O=C(CCNCCc1ccc(O)cc1)Nc1cccc(C(=O)NCCN2CCC(OC(=O)Nc3cccc(-c4ccccc4)c3-c3ccccc3-c3ccccc3)CC2)c1. The molecule has 6 aromatic rings. The summed E-state index contributed by atoms with van der Waals surface area (Å²) >= 11 is 0. The lowest BCUT2D eigenvalue weighted by molar-refractivity contribution is -0.116. The first kappa shape index (κ1) is 41.4. The van der Waals surface area contributed by atoms with Crippen LogP contribution in [0.5, 0.6) is 5.75 Å². The van der Waals surface area contributed by atoms with E-state index in [0.29, 0.717) is 55.8 Å². The van der Waals surface area contributed by atoms with E-state index >= 15 is 0 Å². The molecule has 1 aliphatic heterocycles. The van der Waals surface area contributed by atoms with E-state index < -0.39 is 6.09 Å². The maximum atomic E-state index is 13.5. The van der Waals surface area contributed by atoms with Gasteiger partial charge in [0, 0.05) is 56.0 Å². The van der Waals surface area contributed by atoms with Crippen LogP contribution < -0.4 is 21.3 Å². The largest absolute Gasteiger partial charge is 0.508 e. The van der Waals surface area contributed by atoms with Gasteiger partial charge >= 0.3 is 6.09 Å². The van der Waals surface area contributed by atoms with Gasteiger partial charge in [0.15, 0.2) is 0 Å². The van der Waals surface area contributed by atoms with Gasteiger partial charge in [-0.05, 0) is 95.6 Å². The zero-order valence-corrected chi connectivity index (χ0v) is 33.6. The summed E-state index contributed by atoms with van der Waals surface area (Å²) in [6.07, 6.45) is 1.75. The van der Waals surface area contributed by atoms with E-state index in [0.717, 1.165) is 65.0 Å². The van der Waals surface area contributed by atoms with E-state index in [1.165, 1.54) is 0 Å². The molecule has 7 rings (SSSR count). The predicted molar refractivity (Wildman–Crippen MR) is 239 cm³/mol. The third-order valence-corrected chi connectivity index (χ3v) is 10.7. The molecule has 0 aromatic heterocycles. The number of hydrogen-bond acceptors (Lipinski definition) is 7. The summed E-state index contributed by atoms with van der Waals surface area (Å²) in [4.78, 5) is 41.3. The minimum absolute atomic E-state index is 0.138. The second-order valence-corrected chi connectivity index (χ2v) is 14.9. The third-order valence-electron chi connectivity index (χ3n) is 10.7. The van der Waals surface area contributed by atoms with Crippen molar-refractivity contribution < 1.29 is 24.2 Å². The molecule has 1 aliphatic rings. The van der Waals surface area contributed by atoms with E-state index in [4.69, 9.17) is 4.74 Å². The van der Waals surface area contributed by atoms with Gasteiger partial charge in [0.2, 0.25) is 5.91 Å². The number of likely N-dealkylation sites (tertiary alicyclic amines) is 1. The summed E-state index contributed by atoms with van der Waals surface area (Å²) in [5, 5.41) is 21.7. The fraction of sp³-hybridized carbons (Fsp3) is 0.220. The van der Waals surface area contributed by atoms with Crippen molar-refractivity contribution in [1.82, 2.24) is 15.5 Å². The zero-order valence-electron chi connectivity index (χ0n) is 33.6. The van der Waals surface area contributed by atoms with Crippen LogP contribution in [-0.4, -0.2) is 73.3 Å². The lowest BCUT2D eigenvalue weighted by Gasteiger charge is -2.31. The molecule has 0 spiro atoms. The van der Waals surface area contributed by atoms with Crippen LogP contribution in [0.2, 0.25) is 0 Å². The minimum Gasteiger partial charge on any atom is -0.508 e. The van der Waals surface area contributed by atoms with Crippen molar-refractivity contribution in [3.8, 4) is 39.1 Å². The van der Waals surface area contributed by atoms with Crippen LogP contribution in [-0.2, 0) is 16.0 Å². The van der Waals surface area contributed by atoms with Crippen molar-refractivity contribution in [3.63, 3.8) is 0 Å². The standard InChI is InChI=1S/C50H51N5O5/c56-41-23-21-36(22-24-41)25-29-51-30-26-47(57)53-40-16-9-15-39(35-40)49(58)52-31-34-55-32-27-42(28-33-55)60-50(59)54-46-20-10-19-44(38-13-5-2-6-14-38)48(46)45-18-8-7-17-43(45)37-11-3-1-4-12-37/h1-24,35,42,51,56H,25-34H2,(H,52,58)(H,53,57)(H,54,59). The Morgan fingerprint density at radius 1 is 0.650 bits per heavy atom. The number of carbonyl (C=O) groups excluding carboxylic acids is 3. The number of rotatable bonds is 16. The fourth-order valence-corrected chi connectivity index (χ4v) is 7.53. The maximum absolute atomic E-state index is 13.5. The number of anilines is 2. The number of amides is 3. The molecule has 10 nitrogen and oxygen atoms in total. The van der Waals surface area contributed by atoms with E-state index in [9.17, 15) is 19.5 Å². The Balaban J connectivity index is 0.865. The molecule has 1 saturated heterocycles. The lowest BCUT2D eigenvalue weighted by Crippen LogP contribution is -2.42. The summed E-state index contributed by atoms with van der Waals surface area (Å²) < 4.78 is 6.00. The number of nitrogens with one attached hydrogen (secondary N) is 4. The Labute approximate surface area is 351 Å². The monoisotopic (exact) mass is 801 g/mol. The van der Waals surface area contributed by atoms with Crippen LogP contribution in [0.1, 0.15) is 35.2 Å². The molecule has 0 radical (unpaired) electrons. The van der Waals surface area contributed by atoms with Gasteiger partial charge in [-0.2, -0.15) is 0 Å². The number of carbonyl (C=O) groups is 3. The van der Waals surface area contributed by atoms with Gasteiger partial charge in [-0.15, -0.1) is 0 Å². The Hall–Kier alpha value is -6.75. The van der Waals surface area contributed by atoms with Gasteiger partial charge in [-0.25, -0.2) is 4.79 Å². The Bertz CT molecular complexity index is 2350.